The van der Waals surface area contributed by atoms with Crippen molar-refractivity contribution in [3.05, 3.63) is 63.1 Å². The average molecular weight is 425 g/mol. The molecule has 4 nitrogen and oxygen atoms in total. The number of hydrogen-bond donors (Lipinski definition) is 0. The number of benzene rings is 2. The molecule has 3 rings (SSSR count). The molecule has 0 aromatic heterocycles. The molecule has 1 aliphatic heterocycles. The predicted molar refractivity (Wildman–Crippen MR) is 111 cm³/mol. The molecule has 0 aliphatic carbocycles. The van der Waals surface area contributed by atoms with Gasteiger partial charge in [0.15, 0.2) is 0 Å². The molecular formula is C20H22Cl2N2O2S. The van der Waals surface area contributed by atoms with Crippen LogP contribution in [0.4, 0.5) is 0 Å². The van der Waals surface area contributed by atoms with E-state index in [2.05, 4.69) is 0 Å². The fourth-order valence-corrected chi connectivity index (χ4v) is 5.04. The van der Waals surface area contributed by atoms with Gasteiger partial charge in [-0.1, -0.05) is 41.4 Å². The fraction of sp³-hybridized carbons (Fsp3) is 0.350. The van der Waals surface area contributed by atoms with Crippen molar-refractivity contribution >= 4 is 40.1 Å². The first-order valence-corrected chi connectivity index (χ1v) is 10.6. The molecule has 0 radical (unpaired) electrons. The van der Waals surface area contributed by atoms with Gasteiger partial charge in [0.1, 0.15) is 11.0 Å². The van der Waals surface area contributed by atoms with Gasteiger partial charge < -0.3 is 4.90 Å². The molecule has 2 unspecified atom stereocenters. The third-order valence-corrected chi connectivity index (χ3v) is 7.05. The molecule has 0 fully saturated rings. The molecule has 0 spiro atoms. The first-order valence-electron chi connectivity index (χ1n) is 8.74. The van der Waals surface area contributed by atoms with Gasteiger partial charge >= 0.3 is 0 Å². The molecule has 0 saturated heterocycles. The summed E-state index contributed by atoms with van der Waals surface area (Å²) in [6.07, 6.45) is 0.846. The number of nitrogens with zero attached hydrogens (tertiary/aromatic N) is 2. The Bertz CT molecular complexity index is 881. The number of rotatable bonds is 4. The SMILES string of the molecule is CC1c2cccc(S(=O)N(C)C)c2CCN1C(=O)Cc1c(Cl)cccc1Cl. The van der Waals surface area contributed by atoms with E-state index in [-0.39, 0.29) is 18.4 Å². The van der Waals surface area contributed by atoms with Gasteiger partial charge in [0.25, 0.3) is 0 Å². The molecule has 27 heavy (non-hydrogen) atoms. The minimum Gasteiger partial charge on any atom is -0.335 e. The van der Waals surface area contributed by atoms with Crippen LogP contribution in [0.25, 0.3) is 0 Å². The molecule has 0 N–H and O–H groups in total. The summed E-state index contributed by atoms with van der Waals surface area (Å²) in [5.74, 6) is -0.0118. The monoisotopic (exact) mass is 424 g/mol. The normalized spacial score (nSPS) is 17.7. The lowest BCUT2D eigenvalue weighted by molar-refractivity contribution is -0.133. The highest BCUT2D eigenvalue weighted by Gasteiger charge is 2.30. The van der Waals surface area contributed by atoms with E-state index in [0.717, 1.165) is 16.0 Å². The number of fused-ring (bicyclic) bond motifs is 1. The second kappa shape index (κ2) is 8.31. The van der Waals surface area contributed by atoms with Crippen LogP contribution in [0.2, 0.25) is 10.0 Å². The number of amides is 1. The van der Waals surface area contributed by atoms with E-state index < -0.39 is 11.0 Å². The zero-order chi connectivity index (χ0) is 19.7. The number of carbonyl (C=O) groups excluding carboxylic acids is 1. The summed E-state index contributed by atoms with van der Waals surface area (Å²) >= 11 is 12.4. The van der Waals surface area contributed by atoms with Crippen LogP contribution in [0.5, 0.6) is 0 Å². The molecule has 2 aromatic carbocycles. The van der Waals surface area contributed by atoms with Crippen LogP contribution in [0.3, 0.4) is 0 Å². The van der Waals surface area contributed by atoms with Crippen molar-refractivity contribution in [3.63, 3.8) is 0 Å². The van der Waals surface area contributed by atoms with Crippen molar-refractivity contribution in [2.45, 2.75) is 30.7 Å². The standard InChI is InChI=1S/C20H22Cl2N2O2S/c1-13-14-6-4-9-19(27(26)23(2)3)15(14)10-11-24(13)20(25)12-16-17(21)7-5-8-18(16)22/h4-9,13H,10-12H2,1-3H3. The lowest BCUT2D eigenvalue weighted by Crippen LogP contribution is -2.40. The smallest absolute Gasteiger partial charge is 0.227 e. The number of carbonyl (C=O) groups is 1. The molecule has 1 amide bonds. The Morgan fingerprint density at radius 2 is 1.81 bits per heavy atom. The Hall–Kier alpha value is -1.40. The molecule has 1 aliphatic rings. The van der Waals surface area contributed by atoms with Crippen LogP contribution < -0.4 is 0 Å². The van der Waals surface area contributed by atoms with Crippen molar-refractivity contribution in [3.8, 4) is 0 Å². The molecule has 144 valence electrons. The molecule has 2 atom stereocenters. The number of hydrogen-bond acceptors (Lipinski definition) is 2. The second-order valence-corrected chi connectivity index (χ2v) is 9.26. The maximum Gasteiger partial charge on any atom is 0.227 e. The molecule has 1 heterocycles. The molecular weight excluding hydrogens is 403 g/mol. The Morgan fingerprint density at radius 1 is 1.19 bits per heavy atom. The summed E-state index contributed by atoms with van der Waals surface area (Å²) in [5.41, 5.74) is 2.79. The third kappa shape index (κ3) is 4.06. The van der Waals surface area contributed by atoms with E-state index in [1.54, 1.807) is 36.6 Å². The summed E-state index contributed by atoms with van der Waals surface area (Å²) in [4.78, 5) is 15.6. The highest BCUT2D eigenvalue weighted by molar-refractivity contribution is 7.82. The van der Waals surface area contributed by atoms with Gasteiger partial charge in [-0.05, 0) is 62.3 Å². The van der Waals surface area contributed by atoms with Crippen LogP contribution in [-0.2, 0) is 28.6 Å². The lowest BCUT2D eigenvalue weighted by atomic mass is 9.93. The summed E-state index contributed by atoms with van der Waals surface area (Å²) in [6, 6.07) is 11.0. The van der Waals surface area contributed by atoms with Gasteiger partial charge in [-0.25, -0.2) is 8.51 Å². The molecule has 0 saturated carbocycles. The highest BCUT2D eigenvalue weighted by atomic mass is 35.5. The van der Waals surface area contributed by atoms with E-state index >= 15 is 0 Å². The first kappa shape index (κ1) is 20.3. The quantitative estimate of drug-likeness (QED) is 0.734. The summed E-state index contributed by atoms with van der Waals surface area (Å²) in [6.45, 7) is 2.59. The van der Waals surface area contributed by atoms with Crippen molar-refractivity contribution in [1.82, 2.24) is 9.21 Å². The van der Waals surface area contributed by atoms with Gasteiger partial charge in [0.05, 0.1) is 17.4 Å². The van der Waals surface area contributed by atoms with Crippen LogP contribution in [-0.4, -0.2) is 40.0 Å². The summed E-state index contributed by atoms with van der Waals surface area (Å²) < 4.78 is 14.3. The van der Waals surface area contributed by atoms with Gasteiger partial charge in [0.2, 0.25) is 5.91 Å². The minimum absolute atomic E-state index is 0.0118. The first-order chi connectivity index (χ1) is 12.8. The van der Waals surface area contributed by atoms with Gasteiger partial charge in [-0.2, -0.15) is 0 Å². The maximum atomic E-state index is 13.0. The van der Waals surface area contributed by atoms with E-state index in [4.69, 9.17) is 23.2 Å². The fourth-order valence-electron chi connectivity index (χ4n) is 3.49. The molecule has 7 heteroatoms. The Morgan fingerprint density at radius 3 is 2.44 bits per heavy atom. The van der Waals surface area contributed by atoms with Gasteiger partial charge in [0, 0.05) is 16.6 Å². The Labute approximate surface area is 172 Å². The summed E-state index contributed by atoms with van der Waals surface area (Å²) in [5, 5.41) is 1.01. The summed E-state index contributed by atoms with van der Waals surface area (Å²) in [7, 11) is 2.39. The predicted octanol–water partition coefficient (Wildman–Crippen LogP) is 4.27. The van der Waals surface area contributed by atoms with Crippen LogP contribution in [0, 0.1) is 0 Å². The Balaban J connectivity index is 1.87. The topological polar surface area (TPSA) is 40.6 Å². The van der Waals surface area contributed by atoms with Crippen molar-refractivity contribution < 1.29 is 9.00 Å². The largest absolute Gasteiger partial charge is 0.335 e. The van der Waals surface area contributed by atoms with Crippen molar-refractivity contribution in [2.75, 3.05) is 20.6 Å². The van der Waals surface area contributed by atoms with Gasteiger partial charge in [-0.3, -0.25) is 4.79 Å². The maximum absolute atomic E-state index is 13.0. The minimum atomic E-state index is -1.20. The van der Waals surface area contributed by atoms with Crippen LogP contribution >= 0.6 is 23.2 Å². The van der Waals surface area contributed by atoms with E-state index in [1.165, 1.54) is 0 Å². The van der Waals surface area contributed by atoms with Gasteiger partial charge in [-0.15, -0.1) is 0 Å². The van der Waals surface area contributed by atoms with E-state index in [1.807, 2.05) is 30.0 Å². The van der Waals surface area contributed by atoms with Crippen LogP contribution in [0.15, 0.2) is 41.3 Å². The number of halogens is 2. The van der Waals surface area contributed by atoms with Crippen LogP contribution in [0.1, 0.15) is 29.7 Å². The second-order valence-electron chi connectivity index (χ2n) is 6.78. The van der Waals surface area contributed by atoms with Crippen molar-refractivity contribution in [2.24, 2.45) is 0 Å². The zero-order valence-electron chi connectivity index (χ0n) is 15.5. The van der Waals surface area contributed by atoms with E-state index in [0.29, 0.717) is 28.6 Å². The highest BCUT2D eigenvalue weighted by Crippen LogP contribution is 2.34. The van der Waals surface area contributed by atoms with E-state index in [9.17, 15) is 9.00 Å². The molecule has 0 bridgehead atoms. The third-order valence-electron chi connectivity index (χ3n) is 4.92. The zero-order valence-corrected chi connectivity index (χ0v) is 17.9. The molecule has 2 aromatic rings. The Kier molecular flexibility index (Phi) is 6.26. The lowest BCUT2D eigenvalue weighted by Gasteiger charge is -2.36. The van der Waals surface area contributed by atoms with Crippen molar-refractivity contribution in [1.29, 1.82) is 0 Å². The average Bonchev–Trinajstić information content (AvgIpc) is 2.64.